The Balaban J connectivity index is 2.80. The molecule has 0 aliphatic carbocycles. The molecule has 0 unspecified atom stereocenters. The molecule has 1 heterocycles. The molecule has 0 bridgehead atoms. The first-order valence-corrected chi connectivity index (χ1v) is 5.47. The highest BCUT2D eigenvalue weighted by Crippen LogP contribution is 2.19. The Kier molecular flexibility index (Phi) is 3.93. The van der Waals surface area contributed by atoms with Crippen molar-refractivity contribution < 1.29 is 9.53 Å². The third-order valence-electron chi connectivity index (χ3n) is 1.92. The first-order chi connectivity index (χ1) is 7.81. The number of hydrogen-bond donors (Lipinski definition) is 2. The smallest absolute Gasteiger partial charge is 0.413 e. The van der Waals surface area contributed by atoms with E-state index in [0.29, 0.717) is 5.82 Å². The maximum atomic E-state index is 11.6. The second-order valence-corrected chi connectivity index (χ2v) is 4.73. The molecule has 5 heteroatoms. The highest BCUT2D eigenvalue weighted by molar-refractivity contribution is 5.87. The third kappa shape index (κ3) is 4.30. The lowest BCUT2D eigenvalue weighted by Crippen LogP contribution is -2.27. The van der Waals surface area contributed by atoms with E-state index in [9.17, 15) is 4.79 Å². The number of nitrogens with zero attached hydrogens (tertiary/aromatic N) is 1. The molecule has 0 aromatic carbocycles. The Bertz CT molecular complexity index is 411. The monoisotopic (exact) mass is 237 g/mol. The molecule has 2 N–H and O–H groups in total. The van der Waals surface area contributed by atoms with Crippen LogP contribution in [-0.2, 0) is 4.74 Å². The average Bonchev–Trinajstić information content (AvgIpc) is 2.14. The normalized spacial score (nSPS) is 10.9. The molecule has 0 atom stereocenters. The molecule has 0 aliphatic rings. The van der Waals surface area contributed by atoms with Crippen LogP contribution in [0.1, 0.15) is 26.5 Å². The second kappa shape index (κ2) is 5.03. The largest absolute Gasteiger partial charge is 0.444 e. The van der Waals surface area contributed by atoms with Crippen molar-refractivity contribution in [2.75, 3.05) is 17.7 Å². The number of amides is 1. The molecule has 0 spiro atoms. The van der Waals surface area contributed by atoms with Gasteiger partial charge in [-0.05, 0) is 39.8 Å². The minimum atomic E-state index is -0.520. The number of pyridine rings is 1. The SMILES string of the molecule is CNc1ccc(C)nc1NC(=O)OC(C)(C)C. The molecule has 1 rings (SSSR count). The average molecular weight is 237 g/mol. The summed E-state index contributed by atoms with van der Waals surface area (Å²) < 4.78 is 5.16. The minimum absolute atomic E-state index is 0.474. The van der Waals surface area contributed by atoms with E-state index >= 15 is 0 Å². The summed E-state index contributed by atoms with van der Waals surface area (Å²) in [6.45, 7) is 7.30. The van der Waals surface area contributed by atoms with Gasteiger partial charge in [-0.3, -0.25) is 5.32 Å². The fourth-order valence-electron chi connectivity index (χ4n) is 1.25. The molecule has 1 amide bonds. The van der Waals surface area contributed by atoms with Crippen LogP contribution >= 0.6 is 0 Å². The van der Waals surface area contributed by atoms with Gasteiger partial charge < -0.3 is 10.1 Å². The molecule has 1 aromatic rings. The van der Waals surface area contributed by atoms with Crippen molar-refractivity contribution in [3.8, 4) is 0 Å². The molecule has 0 radical (unpaired) electrons. The van der Waals surface area contributed by atoms with Gasteiger partial charge in [-0.1, -0.05) is 0 Å². The van der Waals surface area contributed by atoms with Crippen molar-refractivity contribution in [2.24, 2.45) is 0 Å². The Morgan fingerprint density at radius 2 is 2.00 bits per heavy atom. The van der Waals surface area contributed by atoms with Crippen LogP contribution in [0.2, 0.25) is 0 Å². The van der Waals surface area contributed by atoms with Crippen LogP contribution in [0.4, 0.5) is 16.3 Å². The molecular weight excluding hydrogens is 218 g/mol. The topological polar surface area (TPSA) is 63.2 Å². The van der Waals surface area contributed by atoms with Gasteiger partial charge in [0.15, 0.2) is 5.82 Å². The highest BCUT2D eigenvalue weighted by Gasteiger charge is 2.17. The van der Waals surface area contributed by atoms with Crippen molar-refractivity contribution in [3.05, 3.63) is 17.8 Å². The third-order valence-corrected chi connectivity index (χ3v) is 1.92. The zero-order valence-electron chi connectivity index (χ0n) is 10.9. The molecule has 1 aromatic heterocycles. The van der Waals surface area contributed by atoms with Gasteiger partial charge in [0.1, 0.15) is 5.60 Å². The van der Waals surface area contributed by atoms with Gasteiger partial charge in [-0.15, -0.1) is 0 Å². The minimum Gasteiger partial charge on any atom is -0.444 e. The van der Waals surface area contributed by atoms with E-state index in [2.05, 4.69) is 15.6 Å². The van der Waals surface area contributed by atoms with Crippen molar-refractivity contribution in [3.63, 3.8) is 0 Å². The Morgan fingerprint density at radius 1 is 1.35 bits per heavy atom. The number of ether oxygens (including phenoxy) is 1. The standard InChI is InChI=1S/C12H19N3O2/c1-8-6-7-9(13-5)10(14-8)15-11(16)17-12(2,3)4/h6-7,13H,1-5H3,(H,14,15,16). The predicted octanol–water partition coefficient (Wildman–Crippen LogP) is 2.78. The van der Waals surface area contributed by atoms with Gasteiger partial charge >= 0.3 is 6.09 Å². The number of hydrogen-bond acceptors (Lipinski definition) is 4. The molecule has 94 valence electrons. The van der Waals surface area contributed by atoms with E-state index < -0.39 is 11.7 Å². The van der Waals surface area contributed by atoms with E-state index in [1.165, 1.54) is 0 Å². The van der Waals surface area contributed by atoms with E-state index in [0.717, 1.165) is 11.4 Å². The van der Waals surface area contributed by atoms with Gasteiger partial charge in [-0.2, -0.15) is 0 Å². The van der Waals surface area contributed by atoms with Crippen LogP contribution in [0, 0.1) is 6.92 Å². The predicted molar refractivity (Wildman–Crippen MR) is 68.4 cm³/mol. The van der Waals surface area contributed by atoms with Crippen LogP contribution in [-0.4, -0.2) is 23.7 Å². The lowest BCUT2D eigenvalue weighted by atomic mass is 10.2. The zero-order valence-corrected chi connectivity index (χ0v) is 10.9. The lowest BCUT2D eigenvalue weighted by molar-refractivity contribution is 0.0635. The number of nitrogens with one attached hydrogen (secondary N) is 2. The number of anilines is 2. The van der Waals surface area contributed by atoms with E-state index in [-0.39, 0.29) is 0 Å². The van der Waals surface area contributed by atoms with Gasteiger partial charge in [0.25, 0.3) is 0 Å². The Hall–Kier alpha value is -1.78. The summed E-state index contributed by atoms with van der Waals surface area (Å²) in [7, 11) is 1.77. The molecule has 0 aliphatic heterocycles. The summed E-state index contributed by atoms with van der Waals surface area (Å²) in [6, 6.07) is 3.72. The summed E-state index contributed by atoms with van der Waals surface area (Å²) in [5.41, 5.74) is 1.06. The van der Waals surface area contributed by atoms with Crippen LogP contribution in [0.3, 0.4) is 0 Å². The number of rotatable bonds is 2. The lowest BCUT2D eigenvalue weighted by Gasteiger charge is -2.20. The van der Waals surface area contributed by atoms with Crippen molar-refractivity contribution in [1.82, 2.24) is 4.98 Å². The summed E-state index contributed by atoms with van der Waals surface area (Å²) in [6.07, 6.45) is -0.507. The van der Waals surface area contributed by atoms with E-state index in [4.69, 9.17) is 4.74 Å². The van der Waals surface area contributed by atoms with Crippen LogP contribution < -0.4 is 10.6 Å². The number of carbonyl (C=O) groups is 1. The Morgan fingerprint density at radius 3 is 2.53 bits per heavy atom. The van der Waals surface area contributed by atoms with Crippen LogP contribution in [0.15, 0.2) is 12.1 Å². The fraction of sp³-hybridized carbons (Fsp3) is 0.500. The van der Waals surface area contributed by atoms with Gasteiger partial charge in [-0.25, -0.2) is 9.78 Å². The zero-order chi connectivity index (χ0) is 13.1. The first kappa shape index (κ1) is 13.3. The summed E-state index contributed by atoms with van der Waals surface area (Å²) in [5.74, 6) is 0.474. The molecule has 0 fully saturated rings. The number of carbonyl (C=O) groups excluding carboxylic acids is 1. The highest BCUT2D eigenvalue weighted by atomic mass is 16.6. The van der Waals surface area contributed by atoms with Gasteiger partial charge in [0, 0.05) is 12.7 Å². The van der Waals surface area contributed by atoms with Crippen LogP contribution in [0.5, 0.6) is 0 Å². The fourth-order valence-corrected chi connectivity index (χ4v) is 1.25. The molecule has 17 heavy (non-hydrogen) atoms. The van der Waals surface area contributed by atoms with Gasteiger partial charge in [0.05, 0.1) is 5.69 Å². The van der Waals surface area contributed by atoms with Crippen LogP contribution in [0.25, 0.3) is 0 Å². The second-order valence-electron chi connectivity index (χ2n) is 4.73. The number of aromatic nitrogens is 1. The molecule has 0 saturated heterocycles. The molecule has 5 nitrogen and oxygen atoms in total. The maximum Gasteiger partial charge on any atom is 0.413 e. The first-order valence-electron chi connectivity index (χ1n) is 5.47. The quantitative estimate of drug-likeness (QED) is 0.830. The van der Waals surface area contributed by atoms with Crippen molar-refractivity contribution >= 4 is 17.6 Å². The molecule has 0 saturated carbocycles. The maximum absolute atomic E-state index is 11.6. The summed E-state index contributed by atoms with van der Waals surface area (Å²) in [5, 5.41) is 5.58. The van der Waals surface area contributed by atoms with E-state index in [1.54, 1.807) is 7.05 Å². The van der Waals surface area contributed by atoms with Crippen molar-refractivity contribution in [2.45, 2.75) is 33.3 Å². The van der Waals surface area contributed by atoms with Crippen molar-refractivity contribution in [1.29, 1.82) is 0 Å². The summed E-state index contributed by atoms with van der Waals surface area (Å²) >= 11 is 0. The molecular formula is C12H19N3O2. The van der Waals surface area contributed by atoms with Gasteiger partial charge in [0.2, 0.25) is 0 Å². The van der Waals surface area contributed by atoms with E-state index in [1.807, 2.05) is 39.8 Å². The summed E-state index contributed by atoms with van der Waals surface area (Å²) in [4.78, 5) is 15.8. The number of aryl methyl sites for hydroxylation is 1. The Labute approximate surface area is 102 Å².